The van der Waals surface area contributed by atoms with Gasteiger partial charge in [0.25, 0.3) is 0 Å². The van der Waals surface area contributed by atoms with Crippen molar-refractivity contribution in [3.05, 3.63) is 0 Å². The van der Waals surface area contributed by atoms with E-state index in [1.54, 1.807) is 0 Å². The number of rotatable bonds is 3. The Morgan fingerprint density at radius 1 is 1.00 bits per heavy atom. The quantitative estimate of drug-likeness (QED) is 0.702. The van der Waals surface area contributed by atoms with Crippen LogP contribution in [0.3, 0.4) is 0 Å². The van der Waals surface area contributed by atoms with Crippen molar-refractivity contribution < 1.29 is 15.3 Å². The fourth-order valence-electron chi connectivity index (χ4n) is 5.19. The molecule has 0 spiro atoms. The van der Waals surface area contributed by atoms with Crippen LogP contribution in [0, 0.1) is 11.8 Å². The molecule has 4 saturated carbocycles. The zero-order valence-corrected chi connectivity index (χ0v) is 10.7. The van der Waals surface area contributed by atoms with Gasteiger partial charge in [0.15, 0.2) is 0 Å². The molecule has 4 rings (SSSR count). The third-order valence-electron chi connectivity index (χ3n) is 5.34. The predicted octanol–water partition coefficient (Wildman–Crippen LogP) is 1.59. The van der Waals surface area contributed by atoms with E-state index in [4.69, 9.17) is 0 Å². The van der Waals surface area contributed by atoms with Gasteiger partial charge in [-0.15, -0.1) is 0 Å². The Morgan fingerprint density at radius 2 is 1.59 bits per heavy atom. The van der Waals surface area contributed by atoms with E-state index >= 15 is 0 Å². The Labute approximate surface area is 103 Å². The maximum Gasteiger partial charge on any atom is 0.0733 e. The molecule has 4 aliphatic rings. The summed E-state index contributed by atoms with van der Waals surface area (Å²) in [5, 5.41) is 31.7. The Kier molecular flexibility index (Phi) is 2.43. The molecule has 3 N–H and O–H groups in total. The molecule has 0 heterocycles. The summed E-state index contributed by atoms with van der Waals surface area (Å²) < 4.78 is 0. The topological polar surface area (TPSA) is 60.7 Å². The van der Waals surface area contributed by atoms with Crippen molar-refractivity contribution in [3.63, 3.8) is 0 Å². The molecule has 0 saturated heterocycles. The summed E-state index contributed by atoms with van der Waals surface area (Å²) in [7, 11) is 0. The number of unbranched alkanes of at least 4 members (excludes halogenated alkanes) is 1. The van der Waals surface area contributed by atoms with Crippen molar-refractivity contribution in [2.45, 2.75) is 75.1 Å². The summed E-state index contributed by atoms with van der Waals surface area (Å²) in [6, 6.07) is 0. The van der Waals surface area contributed by atoms with Crippen LogP contribution in [0.5, 0.6) is 0 Å². The molecule has 17 heavy (non-hydrogen) atoms. The minimum atomic E-state index is -0.807. The summed E-state index contributed by atoms with van der Waals surface area (Å²) in [6.07, 6.45) is 6.33. The van der Waals surface area contributed by atoms with Crippen molar-refractivity contribution in [2.24, 2.45) is 11.8 Å². The molecule has 0 aromatic heterocycles. The lowest BCUT2D eigenvalue weighted by molar-refractivity contribution is -0.280. The molecule has 3 heteroatoms. The molecule has 4 bridgehead atoms. The van der Waals surface area contributed by atoms with Crippen LogP contribution in [-0.2, 0) is 0 Å². The van der Waals surface area contributed by atoms with E-state index in [1.165, 1.54) is 0 Å². The molecule has 3 nitrogen and oxygen atoms in total. The van der Waals surface area contributed by atoms with Crippen LogP contribution in [-0.4, -0.2) is 32.1 Å². The average molecular weight is 240 g/mol. The molecular formula is C14H24O3. The lowest BCUT2D eigenvalue weighted by Gasteiger charge is -2.65. The van der Waals surface area contributed by atoms with Gasteiger partial charge in [0.2, 0.25) is 0 Å². The van der Waals surface area contributed by atoms with Gasteiger partial charge in [0.05, 0.1) is 16.8 Å². The minimum absolute atomic E-state index is 0.295. The lowest BCUT2D eigenvalue weighted by atomic mass is 9.46. The molecular weight excluding hydrogens is 216 g/mol. The van der Waals surface area contributed by atoms with Gasteiger partial charge in [-0.25, -0.2) is 0 Å². The van der Waals surface area contributed by atoms with Gasteiger partial charge in [0.1, 0.15) is 0 Å². The van der Waals surface area contributed by atoms with Gasteiger partial charge in [-0.05, 0) is 31.1 Å². The van der Waals surface area contributed by atoms with Crippen LogP contribution < -0.4 is 0 Å². The first kappa shape index (κ1) is 11.9. The van der Waals surface area contributed by atoms with Crippen LogP contribution >= 0.6 is 0 Å². The molecule has 0 amide bonds. The number of aliphatic hydroxyl groups is 3. The monoisotopic (exact) mass is 240 g/mol. The second-order valence-corrected chi connectivity index (χ2v) is 7.00. The summed E-state index contributed by atoms with van der Waals surface area (Å²) in [5.41, 5.74) is -2.40. The predicted molar refractivity (Wildman–Crippen MR) is 64.4 cm³/mol. The van der Waals surface area contributed by atoms with Crippen molar-refractivity contribution in [2.75, 3.05) is 0 Å². The number of hydrogen-bond donors (Lipinski definition) is 3. The standard InChI is InChI=1S/C14H24O3/c1-2-3-4-11-10-5-12(15)7-13(16,6-10)9-14(11,17)8-12/h10-11,15-17H,2-9H2,1H3. The summed E-state index contributed by atoms with van der Waals surface area (Å²) >= 11 is 0. The van der Waals surface area contributed by atoms with Gasteiger partial charge in [0, 0.05) is 19.3 Å². The van der Waals surface area contributed by atoms with Crippen molar-refractivity contribution >= 4 is 0 Å². The van der Waals surface area contributed by atoms with Crippen LogP contribution in [0.4, 0.5) is 0 Å². The largest absolute Gasteiger partial charge is 0.390 e. The van der Waals surface area contributed by atoms with Gasteiger partial charge in [-0.3, -0.25) is 0 Å². The first-order valence-corrected chi connectivity index (χ1v) is 7.05. The second kappa shape index (κ2) is 3.46. The molecule has 3 atom stereocenters. The summed E-state index contributed by atoms with van der Waals surface area (Å²) in [4.78, 5) is 0. The van der Waals surface area contributed by atoms with Gasteiger partial charge < -0.3 is 15.3 Å². The SMILES string of the molecule is CCCCC1C2CC3(O)CC(O)(C2)CC1(O)C3. The third kappa shape index (κ3) is 1.74. The number of hydrogen-bond acceptors (Lipinski definition) is 3. The highest BCUT2D eigenvalue weighted by molar-refractivity contribution is 5.18. The van der Waals surface area contributed by atoms with E-state index < -0.39 is 16.8 Å². The van der Waals surface area contributed by atoms with E-state index in [2.05, 4.69) is 6.92 Å². The highest BCUT2D eigenvalue weighted by atomic mass is 16.3. The Bertz CT molecular complexity index is 309. The average Bonchev–Trinajstić information content (AvgIpc) is 2.10. The smallest absolute Gasteiger partial charge is 0.0733 e. The van der Waals surface area contributed by atoms with E-state index in [-0.39, 0.29) is 0 Å². The summed E-state index contributed by atoms with van der Waals surface area (Å²) in [5.74, 6) is 0.612. The van der Waals surface area contributed by atoms with Crippen molar-refractivity contribution in [1.29, 1.82) is 0 Å². The maximum atomic E-state index is 10.8. The van der Waals surface area contributed by atoms with E-state index in [0.29, 0.717) is 31.1 Å². The highest BCUT2D eigenvalue weighted by Crippen LogP contribution is 2.62. The first-order valence-electron chi connectivity index (χ1n) is 7.05. The Morgan fingerprint density at radius 3 is 2.06 bits per heavy atom. The second-order valence-electron chi connectivity index (χ2n) is 7.00. The van der Waals surface area contributed by atoms with E-state index in [9.17, 15) is 15.3 Å². The van der Waals surface area contributed by atoms with Crippen molar-refractivity contribution in [1.82, 2.24) is 0 Å². The highest BCUT2D eigenvalue weighted by Gasteiger charge is 2.66. The molecule has 0 radical (unpaired) electrons. The molecule has 4 fully saturated rings. The van der Waals surface area contributed by atoms with Gasteiger partial charge >= 0.3 is 0 Å². The van der Waals surface area contributed by atoms with E-state index in [0.717, 1.165) is 32.1 Å². The van der Waals surface area contributed by atoms with E-state index in [1.807, 2.05) is 0 Å². The van der Waals surface area contributed by atoms with Crippen molar-refractivity contribution in [3.8, 4) is 0 Å². The Hall–Kier alpha value is -0.120. The molecule has 0 aliphatic heterocycles. The van der Waals surface area contributed by atoms with Crippen LogP contribution in [0.25, 0.3) is 0 Å². The zero-order chi connectivity index (χ0) is 12.3. The molecule has 0 aromatic rings. The normalized spacial score (nSPS) is 56.5. The fourth-order valence-corrected chi connectivity index (χ4v) is 5.19. The molecule has 98 valence electrons. The van der Waals surface area contributed by atoms with Crippen LogP contribution in [0.1, 0.15) is 58.3 Å². The van der Waals surface area contributed by atoms with Gasteiger partial charge in [-0.2, -0.15) is 0 Å². The van der Waals surface area contributed by atoms with Crippen LogP contribution in [0.2, 0.25) is 0 Å². The minimum Gasteiger partial charge on any atom is -0.390 e. The Balaban J connectivity index is 1.87. The molecule has 4 aliphatic carbocycles. The third-order valence-corrected chi connectivity index (χ3v) is 5.34. The van der Waals surface area contributed by atoms with Gasteiger partial charge in [-0.1, -0.05) is 19.8 Å². The fraction of sp³-hybridized carbons (Fsp3) is 1.00. The summed E-state index contributed by atoms with van der Waals surface area (Å²) in [6.45, 7) is 2.17. The maximum absolute atomic E-state index is 10.8. The first-order chi connectivity index (χ1) is 7.88. The molecule has 3 unspecified atom stereocenters. The molecule has 0 aromatic carbocycles. The van der Waals surface area contributed by atoms with Crippen LogP contribution in [0.15, 0.2) is 0 Å². The lowest BCUT2D eigenvalue weighted by Crippen LogP contribution is -2.69. The zero-order valence-electron chi connectivity index (χ0n) is 10.7.